The molecule has 2 nitrogen and oxygen atoms in total. The molecule has 0 unspecified atom stereocenters. The molecule has 0 saturated carbocycles. The van der Waals surface area contributed by atoms with Crippen molar-refractivity contribution < 1.29 is 18.3 Å². The Morgan fingerprint density at radius 3 is 1.94 bits per heavy atom. The molecule has 0 aliphatic heterocycles. The van der Waals surface area contributed by atoms with Gasteiger partial charge in [0.15, 0.2) is 0 Å². The molecule has 0 saturated heterocycles. The molecular weight excluding hydrogens is 243 g/mol. The van der Waals surface area contributed by atoms with E-state index in [0.29, 0.717) is 11.5 Å². The zero-order chi connectivity index (χ0) is 13.9. The van der Waals surface area contributed by atoms with E-state index in [-0.39, 0.29) is 0 Å². The Balaban J connectivity index is 2.70. The Kier molecular flexibility index (Phi) is 4.76. The van der Waals surface area contributed by atoms with Crippen LogP contribution in [-0.4, -0.2) is 17.3 Å². The van der Waals surface area contributed by atoms with Gasteiger partial charge in [-0.3, -0.25) is 0 Å². The molecule has 0 aromatic heterocycles. The Morgan fingerprint density at radius 2 is 1.56 bits per heavy atom. The van der Waals surface area contributed by atoms with Gasteiger partial charge in [0.05, 0.1) is 6.10 Å². The van der Waals surface area contributed by atoms with Crippen molar-refractivity contribution in [1.29, 1.82) is 0 Å². The maximum Gasteiger partial charge on any atom is 0.403 e. The van der Waals surface area contributed by atoms with Crippen LogP contribution in [0.15, 0.2) is 24.3 Å². The van der Waals surface area contributed by atoms with Gasteiger partial charge < -0.3 is 10.8 Å². The van der Waals surface area contributed by atoms with Gasteiger partial charge >= 0.3 is 6.18 Å². The summed E-state index contributed by atoms with van der Waals surface area (Å²) in [6, 6.07) is 4.90. The number of benzene rings is 1. The van der Waals surface area contributed by atoms with E-state index < -0.39 is 24.7 Å². The largest absolute Gasteiger partial charge is 0.403 e. The van der Waals surface area contributed by atoms with E-state index in [1.54, 1.807) is 12.1 Å². The molecule has 0 aliphatic rings. The van der Waals surface area contributed by atoms with Gasteiger partial charge in [-0.2, -0.15) is 13.2 Å². The highest BCUT2D eigenvalue weighted by Crippen LogP contribution is 2.27. The van der Waals surface area contributed by atoms with Crippen LogP contribution < -0.4 is 5.73 Å². The van der Waals surface area contributed by atoms with E-state index >= 15 is 0 Å². The molecule has 18 heavy (non-hydrogen) atoms. The summed E-state index contributed by atoms with van der Waals surface area (Å²) in [7, 11) is 0. The first kappa shape index (κ1) is 15.0. The van der Waals surface area contributed by atoms with Gasteiger partial charge in [0, 0.05) is 6.42 Å². The van der Waals surface area contributed by atoms with Crippen LogP contribution in [0.25, 0.3) is 0 Å². The lowest BCUT2D eigenvalue weighted by atomic mass is 9.97. The van der Waals surface area contributed by atoms with Crippen LogP contribution in [0.5, 0.6) is 0 Å². The normalized spacial score (nSPS) is 15.8. The molecule has 5 heteroatoms. The average molecular weight is 261 g/mol. The summed E-state index contributed by atoms with van der Waals surface area (Å²) >= 11 is 0. The van der Waals surface area contributed by atoms with Crippen molar-refractivity contribution in [3.05, 3.63) is 35.4 Å². The van der Waals surface area contributed by atoms with E-state index in [0.717, 1.165) is 5.56 Å². The molecule has 1 aromatic rings. The molecule has 0 fully saturated rings. The molecule has 0 radical (unpaired) electrons. The van der Waals surface area contributed by atoms with Crippen molar-refractivity contribution in [3.63, 3.8) is 0 Å². The number of alkyl halides is 3. The summed E-state index contributed by atoms with van der Waals surface area (Å²) in [4.78, 5) is 0. The Labute approximate surface area is 105 Å². The fraction of sp³-hybridized carbons (Fsp3) is 0.538. The third kappa shape index (κ3) is 3.99. The van der Waals surface area contributed by atoms with Crippen LogP contribution in [0.2, 0.25) is 0 Å². The van der Waals surface area contributed by atoms with Crippen molar-refractivity contribution in [1.82, 2.24) is 0 Å². The summed E-state index contributed by atoms with van der Waals surface area (Å²) in [5.41, 5.74) is 6.51. The minimum Gasteiger partial charge on any atom is -0.388 e. The molecule has 0 spiro atoms. The summed E-state index contributed by atoms with van der Waals surface area (Å²) in [6.07, 6.45) is -6.19. The van der Waals surface area contributed by atoms with Crippen LogP contribution in [0.3, 0.4) is 0 Å². The number of aliphatic hydroxyl groups is 1. The Hall–Kier alpha value is -1.07. The molecule has 3 N–H and O–H groups in total. The molecule has 0 amide bonds. The first-order valence-corrected chi connectivity index (χ1v) is 5.82. The van der Waals surface area contributed by atoms with Crippen LogP contribution in [-0.2, 0) is 0 Å². The molecule has 1 aromatic carbocycles. The maximum atomic E-state index is 12.3. The zero-order valence-corrected chi connectivity index (χ0v) is 10.4. The molecule has 102 valence electrons. The molecule has 0 aliphatic carbocycles. The highest BCUT2D eigenvalue weighted by atomic mass is 19.4. The first-order chi connectivity index (χ1) is 8.21. The van der Waals surface area contributed by atoms with E-state index in [1.165, 1.54) is 0 Å². The first-order valence-electron chi connectivity index (χ1n) is 5.82. The summed E-state index contributed by atoms with van der Waals surface area (Å²) in [5.74, 6) is 0.341. The number of rotatable bonds is 4. The van der Waals surface area contributed by atoms with Gasteiger partial charge in [0.1, 0.15) is 6.04 Å². The monoisotopic (exact) mass is 261 g/mol. The van der Waals surface area contributed by atoms with Gasteiger partial charge in [0.25, 0.3) is 0 Å². The SMILES string of the molecule is CC(C)c1ccc([C@H](O)C[C@@H](N)C(F)(F)F)cc1. The van der Waals surface area contributed by atoms with E-state index in [1.807, 2.05) is 26.0 Å². The van der Waals surface area contributed by atoms with E-state index in [4.69, 9.17) is 5.73 Å². The van der Waals surface area contributed by atoms with Crippen LogP contribution in [0.4, 0.5) is 13.2 Å². The van der Waals surface area contributed by atoms with Gasteiger partial charge in [-0.05, 0) is 17.0 Å². The van der Waals surface area contributed by atoms with Crippen molar-refractivity contribution in [2.45, 2.75) is 44.5 Å². The summed E-state index contributed by atoms with van der Waals surface area (Å²) in [6.45, 7) is 4.04. The smallest absolute Gasteiger partial charge is 0.388 e. The molecule has 0 heterocycles. The zero-order valence-electron chi connectivity index (χ0n) is 10.4. The predicted molar refractivity (Wildman–Crippen MR) is 64.1 cm³/mol. The lowest BCUT2D eigenvalue weighted by Crippen LogP contribution is -2.38. The van der Waals surface area contributed by atoms with Crippen molar-refractivity contribution in [3.8, 4) is 0 Å². The maximum absolute atomic E-state index is 12.3. The summed E-state index contributed by atoms with van der Waals surface area (Å²) < 4.78 is 36.8. The lowest BCUT2D eigenvalue weighted by molar-refractivity contribution is -0.153. The van der Waals surface area contributed by atoms with Crippen LogP contribution in [0.1, 0.15) is 43.4 Å². The van der Waals surface area contributed by atoms with Crippen molar-refractivity contribution in [2.24, 2.45) is 5.73 Å². The number of aliphatic hydroxyl groups excluding tert-OH is 1. The Morgan fingerprint density at radius 1 is 1.11 bits per heavy atom. The standard InChI is InChI=1S/C13H18F3NO/c1-8(2)9-3-5-10(6-4-9)11(18)7-12(17)13(14,15)16/h3-6,8,11-12,18H,7,17H2,1-2H3/t11-,12-/m1/s1. The summed E-state index contributed by atoms with van der Waals surface area (Å²) in [5, 5.41) is 9.70. The van der Waals surface area contributed by atoms with Gasteiger partial charge in [-0.25, -0.2) is 0 Å². The molecular formula is C13H18F3NO. The van der Waals surface area contributed by atoms with Crippen LogP contribution >= 0.6 is 0 Å². The van der Waals surface area contributed by atoms with Gasteiger partial charge in [-0.15, -0.1) is 0 Å². The molecule has 0 bridgehead atoms. The molecule has 1 rings (SSSR count). The molecule has 2 atom stereocenters. The van der Waals surface area contributed by atoms with Crippen LogP contribution in [0, 0.1) is 0 Å². The highest BCUT2D eigenvalue weighted by molar-refractivity contribution is 5.26. The highest BCUT2D eigenvalue weighted by Gasteiger charge is 2.37. The Bertz CT molecular complexity index is 373. The quantitative estimate of drug-likeness (QED) is 0.874. The number of hydrogen-bond donors (Lipinski definition) is 2. The fourth-order valence-electron chi connectivity index (χ4n) is 1.61. The topological polar surface area (TPSA) is 46.2 Å². The van der Waals surface area contributed by atoms with Gasteiger partial charge in [0.2, 0.25) is 0 Å². The number of halogens is 3. The third-order valence-electron chi connectivity index (χ3n) is 2.89. The van der Waals surface area contributed by atoms with E-state index in [9.17, 15) is 18.3 Å². The predicted octanol–water partition coefficient (Wildman–Crippen LogP) is 3.12. The van der Waals surface area contributed by atoms with Crippen molar-refractivity contribution >= 4 is 0 Å². The lowest BCUT2D eigenvalue weighted by Gasteiger charge is -2.19. The second kappa shape index (κ2) is 5.71. The van der Waals surface area contributed by atoms with E-state index in [2.05, 4.69) is 0 Å². The number of nitrogens with two attached hydrogens (primary N) is 1. The minimum absolute atomic E-state index is 0.341. The number of hydrogen-bond acceptors (Lipinski definition) is 2. The van der Waals surface area contributed by atoms with Crippen molar-refractivity contribution in [2.75, 3.05) is 0 Å². The average Bonchev–Trinajstić information content (AvgIpc) is 2.27. The van der Waals surface area contributed by atoms with Gasteiger partial charge in [-0.1, -0.05) is 38.1 Å². The second-order valence-corrected chi connectivity index (χ2v) is 4.72. The second-order valence-electron chi connectivity index (χ2n) is 4.72. The third-order valence-corrected chi connectivity index (χ3v) is 2.89. The minimum atomic E-state index is -4.47. The fourth-order valence-corrected chi connectivity index (χ4v) is 1.61.